The summed E-state index contributed by atoms with van der Waals surface area (Å²) in [7, 11) is -3.36. The Balaban J connectivity index is 1.68. The van der Waals surface area contributed by atoms with E-state index >= 15 is 0 Å². The summed E-state index contributed by atoms with van der Waals surface area (Å²) in [4.78, 5) is 0.394. The maximum atomic E-state index is 12.3. The van der Waals surface area contributed by atoms with Gasteiger partial charge in [-0.25, -0.2) is 13.1 Å². The zero-order valence-corrected chi connectivity index (χ0v) is 12.7. The molecule has 0 aromatic heterocycles. The molecule has 1 saturated carbocycles. The van der Waals surface area contributed by atoms with Gasteiger partial charge in [0.05, 0.1) is 4.90 Å². The lowest BCUT2D eigenvalue weighted by Crippen LogP contribution is -2.28. The van der Waals surface area contributed by atoms with E-state index in [1.54, 1.807) is 12.1 Å². The zero-order chi connectivity index (χ0) is 14.2. The van der Waals surface area contributed by atoms with E-state index < -0.39 is 10.0 Å². The number of hydrogen-bond acceptors (Lipinski definition) is 3. The van der Waals surface area contributed by atoms with Crippen molar-refractivity contribution in [2.75, 3.05) is 18.4 Å². The van der Waals surface area contributed by atoms with Gasteiger partial charge in [0, 0.05) is 18.8 Å². The van der Waals surface area contributed by atoms with Gasteiger partial charge in [-0.2, -0.15) is 0 Å². The van der Waals surface area contributed by atoms with Crippen LogP contribution in [-0.4, -0.2) is 21.5 Å². The second kappa shape index (κ2) is 5.37. The second-order valence-corrected chi connectivity index (χ2v) is 7.90. The third-order valence-electron chi connectivity index (χ3n) is 4.46. The van der Waals surface area contributed by atoms with Crippen molar-refractivity contribution >= 4 is 15.7 Å². The van der Waals surface area contributed by atoms with E-state index in [1.807, 2.05) is 6.07 Å². The molecule has 3 rings (SSSR count). The molecule has 0 saturated heterocycles. The van der Waals surface area contributed by atoms with Crippen LogP contribution in [0.15, 0.2) is 23.1 Å². The lowest BCUT2D eigenvalue weighted by atomic mass is 10.1. The molecular formula is C15H22N2O2S. The van der Waals surface area contributed by atoms with Gasteiger partial charge in [0.2, 0.25) is 10.0 Å². The van der Waals surface area contributed by atoms with Crippen LogP contribution in [0, 0.1) is 11.8 Å². The van der Waals surface area contributed by atoms with Crippen LogP contribution in [0.25, 0.3) is 0 Å². The quantitative estimate of drug-likeness (QED) is 0.896. The minimum absolute atomic E-state index is 0.394. The average molecular weight is 294 g/mol. The molecule has 0 amide bonds. The van der Waals surface area contributed by atoms with Crippen molar-refractivity contribution in [1.82, 2.24) is 4.72 Å². The third-order valence-corrected chi connectivity index (χ3v) is 5.88. The largest absolute Gasteiger partial charge is 0.384 e. The van der Waals surface area contributed by atoms with Crippen LogP contribution in [0.3, 0.4) is 0 Å². The van der Waals surface area contributed by atoms with Crippen molar-refractivity contribution in [3.05, 3.63) is 23.8 Å². The summed E-state index contributed by atoms with van der Waals surface area (Å²) in [5.41, 5.74) is 2.16. The van der Waals surface area contributed by atoms with Crippen molar-refractivity contribution in [2.45, 2.75) is 37.5 Å². The normalized spacial score (nSPS) is 25.4. The highest BCUT2D eigenvalue weighted by Crippen LogP contribution is 2.30. The summed E-state index contributed by atoms with van der Waals surface area (Å²) in [5, 5.41) is 3.25. The first kappa shape index (κ1) is 13.9. The fraction of sp³-hybridized carbons (Fsp3) is 0.600. The third kappa shape index (κ3) is 2.83. The van der Waals surface area contributed by atoms with Gasteiger partial charge in [-0.15, -0.1) is 0 Å². The molecular weight excluding hydrogens is 272 g/mol. The zero-order valence-electron chi connectivity index (χ0n) is 11.9. The number of benzene rings is 1. The van der Waals surface area contributed by atoms with Crippen LogP contribution < -0.4 is 10.0 Å². The van der Waals surface area contributed by atoms with E-state index in [0.717, 1.165) is 43.0 Å². The first-order chi connectivity index (χ1) is 9.54. The monoisotopic (exact) mass is 294 g/mol. The topological polar surface area (TPSA) is 58.2 Å². The molecule has 5 heteroatoms. The van der Waals surface area contributed by atoms with Gasteiger partial charge in [0.25, 0.3) is 0 Å². The average Bonchev–Trinajstić information content (AvgIpc) is 3.04. The van der Waals surface area contributed by atoms with Gasteiger partial charge in [0.1, 0.15) is 0 Å². The number of nitrogens with one attached hydrogen (secondary N) is 2. The lowest BCUT2D eigenvalue weighted by Gasteiger charge is -2.12. The molecule has 1 fully saturated rings. The second-order valence-electron chi connectivity index (χ2n) is 6.13. The number of sulfonamides is 1. The van der Waals surface area contributed by atoms with E-state index in [0.29, 0.717) is 17.4 Å². The Morgan fingerprint density at radius 3 is 2.95 bits per heavy atom. The predicted octanol–water partition coefficient (Wildman–Crippen LogP) is 2.37. The minimum Gasteiger partial charge on any atom is -0.384 e. The summed E-state index contributed by atoms with van der Waals surface area (Å²) in [6.45, 7) is 3.70. The van der Waals surface area contributed by atoms with Crippen molar-refractivity contribution in [3.8, 4) is 0 Å². The van der Waals surface area contributed by atoms with Crippen LogP contribution in [0.4, 0.5) is 5.69 Å². The Morgan fingerprint density at radius 2 is 2.20 bits per heavy atom. The van der Waals surface area contributed by atoms with Gasteiger partial charge < -0.3 is 5.32 Å². The molecule has 1 aromatic rings. The Hall–Kier alpha value is -1.07. The van der Waals surface area contributed by atoms with Crippen LogP contribution in [0.2, 0.25) is 0 Å². The Morgan fingerprint density at radius 1 is 1.35 bits per heavy atom. The van der Waals surface area contributed by atoms with E-state index in [9.17, 15) is 8.42 Å². The number of hydrogen-bond donors (Lipinski definition) is 2. The van der Waals surface area contributed by atoms with Gasteiger partial charge in [0.15, 0.2) is 0 Å². The highest BCUT2D eigenvalue weighted by Gasteiger charge is 2.24. The fourth-order valence-corrected chi connectivity index (χ4v) is 4.44. The van der Waals surface area contributed by atoms with E-state index in [2.05, 4.69) is 17.0 Å². The van der Waals surface area contributed by atoms with Gasteiger partial charge in [-0.3, -0.25) is 0 Å². The predicted molar refractivity (Wildman–Crippen MR) is 80.3 cm³/mol. The van der Waals surface area contributed by atoms with Crippen LogP contribution in [0.5, 0.6) is 0 Å². The maximum Gasteiger partial charge on any atom is 0.240 e. The van der Waals surface area contributed by atoms with Gasteiger partial charge in [-0.1, -0.05) is 13.3 Å². The van der Waals surface area contributed by atoms with Crippen LogP contribution >= 0.6 is 0 Å². The molecule has 1 heterocycles. The van der Waals surface area contributed by atoms with Gasteiger partial charge in [-0.05, 0) is 54.9 Å². The Kier molecular flexibility index (Phi) is 3.73. The van der Waals surface area contributed by atoms with Crippen molar-refractivity contribution in [2.24, 2.45) is 11.8 Å². The molecule has 0 spiro atoms. The Labute approximate surface area is 121 Å². The molecule has 1 aromatic carbocycles. The SMILES string of the molecule is CC1CCC(CNS(=O)(=O)c2ccc3c(c2)CCN3)C1. The number of fused-ring (bicyclic) bond motifs is 1. The molecule has 1 aliphatic carbocycles. The van der Waals surface area contributed by atoms with Gasteiger partial charge >= 0.3 is 0 Å². The highest BCUT2D eigenvalue weighted by atomic mass is 32.2. The summed E-state index contributed by atoms with van der Waals surface area (Å²) in [6.07, 6.45) is 4.39. The highest BCUT2D eigenvalue weighted by molar-refractivity contribution is 7.89. The van der Waals surface area contributed by atoms with Crippen molar-refractivity contribution < 1.29 is 8.42 Å². The van der Waals surface area contributed by atoms with Crippen LogP contribution in [-0.2, 0) is 16.4 Å². The molecule has 2 aliphatic rings. The molecule has 1 aliphatic heterocycles. The summed E-state index contributed by atoms with van der Waals surface area (Å²) in [6, 6.07) is 5.36. The number of anilines is 1. The van der Waals surface area contributed by atoms with Crippen molar-refractivity contribution in [3.63, 3.8) is 0 Å². The molecule has 0 bridgehead atoms. The smallest absolute Gasteiger partial charge is 0.240 e. The van der Waals surface area contributed by atoms with Crippen molar-refractivity contribution in [1.29, 1.82) is 0 Å². The first-order valence-corrected chi connectivity index (χ1v) is 8.89. The van der Waals surface area contributed by atoms with Crippen LogP contribution in [0.1, 0.15) is 31.7 Å². The lowest BCUT2D eigenvalue weighted by molar-refractivity contribution is 0.498. The molecule has 2 atom stereocenters. The molecule has 2 N–H and O–H groups in total. The first-order valence-electron chi connectivity index (χ1n) is 7.41. The molecule has 4 nitrogen and oxygen atoms in total. The summed E-state index contributed by atoms with van der Waals surface area (Å²) >= 11 is 0. The molecule has 110 valence electrons. The standard InChI is InChI=1S/C15H22N2O2S/c1-11-2-3-12(8-11)10-17-20(18,19)14-4-5-15-13(9-14)6-7-16-15/h4-5,9,11-12,16-17H,2-3,6-8,10H2,1H3. The maximum absolute atomic E-state index is 12.3. The molecule has 0 radical (unpaired) electrons. The van der Waals surface area contributed by atoms with E-state index in [1.165, 1.54) is 6.42 Å². The summed E-state index contributed by atoms with van der Waals surface area (Å²) in [5.74, 6) is 1.23. The Bertz CT molecular complexity index is 598. The van der Waals surface area contributed by atoms with E-state index in [4.69, 9.17) is 0 Å². The minimum atomic E-state index is -3.36. The molecule has 20 heavy (non-hydrogen) atoms. The van der Waals surface area contributed by atoms with E-state index in [-0.39, 0.29) is 0 Å². The molecule has 2 unspecified atom stereocenters. The fourth-order valence-electron chi connectivity index (χ4n) is 3.27. The number of rotatable bonds is 4. The summed E-state index contributed by atoms with van der Waals surface area (Å²) < 4.78 is 27.5.